The number of Topliss-reactive ketones (excluding diaryl/α,β-unsaturated/α-hetero) is 1. The summed E-state index contributed by atoms with van der Waals surface area (Å²) in [7, 11) is -2.54. The van der Waals surface area contributed by atoms with Gasteiger partial charge in [0.25, 0.3) is 0 Å². The van der Waals surface area contributed by atoms with Crippen molar-refractivity contribution in [2.24, 2.45) is 0 Å². The second kappa shape index (κ2) is 8.25. The maximum Gasteiger partial charge on any atom is 0.321 e. The van der Waals surface area contributed by atoms with Crippen LogP contribution in [0.3, 0.4) is 0 Å². The van der Waals surface area contributed by atoms with Crippen LogP contribution in [0.5, 0.6) is 0 Å². The SMILES string of the molecule is CC(=O)c1ccc(S(=O)(=O)N(C)CC(=O)OCc2cccc(C)c2)cc1. The molecule has 0 radical (unpaired) electrons. The third kappa shape index (κ3) is 5.00. The highest BCUT2D eigenvalue weighted by molar-refractivity contribution is 7.89. The summed E-state index contributed by atoms with van der Waals surface area (Å²) in [6, 6.07) is 13.1. The van der Waals surface area contributed by atoms with Gasteiger partial charge in [-0.2, -0.15) is 4.31 Å². The van der Waals surface area contributed by atoms with Crippen LogP contribution in [0.1, 0.15) is 28.4 Å². The summed E-state index contributed by atoms with van der Waals surface area (Å²) in [6.45, 7) is 3.02. The van der Waals surface area contributed by atoms with Gasteiger partial charge in [0.1, 0.15) is 13.2 Å². The second-order valence-electron chi connectivity index (χ2n) is 5.99. The minimum absolute atomic E-state index is 0.0106. The van der Waals surface area contributed by atoms with E-state index in [1.54, 1.807) is 0 Å². The van der Waals surface area contributed by atoms with Gasteiger partial charge in [-0.3, -0.25) is 9.59 Å². The van der Waals surface area contributed by atoms with Crippen molar-refractivity contribution in [3.8, 4) is 0 Å². The lowest BCUT2D eigenvalue weighted by Gasteiger charge is -2.16. The highest BCUT2D eigenvalue weighted by Crippen LogP contribution is 2.16. The number of benzene rings is 2. The summed E-state index contributed by atoms with van der Waals surface area (Å²) in [5.41, 5.74) is 2.31. The Balaban J connectivity index is 1.99. The number of carbonyl (C=O) groups excluding carboxylic acids is 2. The van der Waals surface area contributed by atoms with Crippen molar-refractivity contribution in [1.29, 1.82) is 0 Å². The highest BCUT2D eigenvalue weighted by Gasteiger charge is 2.23. The van der Waals surface area contributed by atoms with Crippen molar-refractivity contribution in [2.75, 3.05) is 13.6 Å². The van der Waals surface area contributed by atoms with Crippen LogP contribution in [0.2, 0.25) is 0 Å². The van der Waals surface area contributed by atoms with Crippen LogP contribution in [0.25, 0.3) is 0 Å². The van der Waals surface area contributed by atoms with Gasteiger partial charge >= 0.3 is 5.97 Å². The molecule has 0 saturated carbocycles. The van der Waals surface area contributed by atoms with Gasteiger partial charge in [0.15, 0.2) is 5.78 Å². The summed E-state index contributed by atoms with van der Waals surface area (Å²) in [4.78, 5) is 23.2. The van der Waals surface area contributed by atoms with E-state index >= 15 is 0 Å². The molecule has 0 aliphatic rings. The Morgan fingerprint density at radius 2 is 1.73 bits per heavy atom. The van der Waals surface area contributed by atoms with Crippen molar-refractivity contribution in [2.45, 2.75) is 25.3 Å². The molecule has 0 amide bonds. The number of hydrogen-bond donors (Lipinski definition) is 0. The number of nitrogens with zero attached hydrogens (tertiary/aromatic N) is 1. The summed E-state index contributed by atoms with van der Waals surface area (Å²) < 4.78 is 31.1. The summed E-state index contributed by atoms with van der Waals surface area (Å²) in [6.07, 6.45) is 0. The first-order valence-electron chi connectivity index (χ1n) is 7.98. The van der Waals surface area contributed by atoms with Crippen LogP contribution in [-0.4, -0.2) is 38.1 Å². The first-order chi connectivity index (χ1) is 12.2. The monoisotopic (exact) mass is 375 g/mol. The summed E-state index contributed by atoms with van der Waals surface area (Å²) in [5.74, 6) is -0.792. The molecule has 0 saturated heterocycles. The molecule has 0 aliphatic carbocycles. The van der Waals surface area contributed by atoms with Gasteiger partial charge in [0.05, 0.1) is 4.90 Å². The number of ketones is 1. The molecular weight excluding hydrogens is 354 g/mol. The predicted molar refractivity (Wildman–Crippen MR) is 97.2 cm³/mol. The van der Waals surface area contributed by atoms with E-state index in [1.807, 2.05) is 31.2 Å². The average Bonchev–Trinajstić information content (AvgIpc) is 2.60. The molecule has 0 aliphatic heterocycles. The lowest BCUT2D eigenvalue weighted by atomic mass is 10.1. The van der Waals surface area contributed by atoms with Gasteiger partial charge in [-0.1, -0.05) is 42.0 Å². The molecular formula is C19H21NO5S. The Morgan fingerprint density at radius 3 is 2.31 bits per heavy atom. The van der Waals surface area contributed by atoms with Crippen LogP contribution in [-0.2, 0) is 26.2 Å². The number of ether oxygens (including phenoxy) is 1. The van der Waals surface area contributed by atoms with Crippen LogP contribution < -0.4 is 0 Å². The lowest BCUT2D eigenvalue weighted by molar-refractivity contribution is -0.144. The Morgan fingerprint density at radius 1 is 1.08 bits per heavy atom. The van der Waals surface area contributed by atoms with Crippen molar-refractivity contribution < 1.29 is 22.7 Å². The zero-order chi connectivity index (χ0) is 19.3. The van der Waals surface area contributed by atoms with Gasteiger partial charge in [-0.25, -0.2) is 8.42 Å². The average molecular weight is 375 g/mol. The van der Waals surface area contributed by atoms with Crippen molar-refractivity contribution in [1.82, 2.24) is 4.31 Å². The van der Waals surface area contributed by atoms with E-state index < -0.39 is 22.5 Å². The third-order valence-electron chi connectivity index (χ3n) is 3.80. The van der Waals surface area contributed by atoms with E-state index in [9.17, 15) is 18.0 Å². The molecule has 0 unspecified atom stereocenters. The Kier molecular flexibility index (Phi) is 6.28. The lowest BCUT2D eigenvalue weighted by Crippen LogP contribution is -2.33. The van der Waals surface area contributed by atoms with Crippen LogP contribution >= 0.6 is 0 Å². The molecule has 0 bridgehead atoms. The van der Waals surface area contributed by atoms with Crippen LogP contribution in [0.4, 0.5) is 0 Å². The molecule has 0 aromatic heterocycles. The highest BCUT2D eigenvalue weighted by atomic mass is 32.2. The van der Waals surface area contributed by atoms with Gasteiger partial charge in [0.2, 0.25) is 10.0 Å². The topological polar surface area (TPSA) is 80.8 Å². The minimum atomic E-state index is -3.84. The number of sulfonamides is 1. The number of hydrogen-bond acceptors (Lipinski definition) is 5. The molecule has 0 atom stereocenters. The predicted octanol–water partition coefficient (Wildman–Crippen LogP) is 2.56. The number of carbonyl (C=O) groups is 2. The fraction of sp³-hybridized carbons (Fsp3) is 0.263. The molecule has 0 N–H and O–H groups in total. The molecule has 0 heterocycles. The fourth-order valence-corrected chi connectivity index (χ4v) is 3.44. The van der Waals surface area contributed by atoms with E-state index in [0.29, 0.717) is 5.56 Å². The van der Waals surface area contributed by atoms with Crippen LogP contribution in [0.15, 0.2) is 53.4 Å². The summed E-state index contributed by atoms with van der Waals surface area (Å²) >= 11 is 0. The van der Waals surface area contributed by atoms with Gasteiger partial charge < -0.3 is 4.74 Å². The molecule has 7 heteroatoms. The molecule has 26 heavy (non-hydrogen) atoms. The van der Waals surface area contributed by atoms with Crippen LogP contribution in [0, 0.1) is 6.92 Å². The normalized spacial score (nSPS) is 11.4. The second-order valence-corrected chi connectivity index (χ2v) is 8.04. The van der Waals surface area contributed by atoms with Gasteiger partial charge in [0, 0.05) is 12.6 Å². The minimum Gasteiger partial charge on any atom is -0.460 e. The molecule has 6 nitrogen and oxygen atoms in total. The van der Waals surface area contributed by atoms with E-state index in [-0.39, 0.29) is 17.3 Å². The Bertz CT molecular complexity index is 904. The van der Waals surface area contributed by atoms with Gasteiger partial charge in [-0.05, 0) is 31.5 Å². The maximum absolute atomic E-state index is 12.5. The molecule has 0 spiro atoms. The zero-order valence-corrected chi connectivity index (χ0v) is 15.7. The molecule has 2 aromatic carbocycles. The smallest absolute Gasteiger partial charge is 0.321 e. The van der Waals surface area contributed by atoms with E-state index in [2.05, 4.69) is 0 Å². The molecule has 138 valence electrons. The van der Waals surface area contributed by atoms with Gasteiger partial charge in [-0.15, -0.1) is 0 Å². The van der Waals surface area contributed by atoms with Crippen molar-refractivity contribution >= 4 is 21.8 Å². The number of esters is 1. The first kappa shape index (κ1) is 19.8. The number of aryl methyl sites for hydroxylation is 1. The molecule has 2 rings (SSSR count). The number of rotatable bonds is 7. The number of likely N-dealkylation sites (N-methyl/N-ethyl adjacent to an activating group) is 1. The molecule has 2 aromatic rings. The third-order valence-corrected chi connectivity index (χ3v) is 5.62. The summed E-state index contributed by atoms with van der Waals surface area (Å²) in [5, 5.41) is 0. The van der Waals surface area contributed by atoms with E-state index in [1.165, 1.54) is 38.2 Å². The molecule has 0 fully saturated rings. The first-order valence-corrected chi connectivity index (χ1v) is 9.42. The maximum atomic E-state index is 12.5. The van der Waals surface area contributed by atoms with E-state index in [4.69, 9.17) is 4.74 Å². The largest absolute Gasteiger partial charge is 0.460 e. The van der Waals surface area contributed by atoms with Crippen molar-refractivity contribution in [3.05, 3.63) is 65.2 Å². The quantitative estimate of drug-likeness (QED) is 0.549. The fourth-order valence-electron chi connectivity index (χ4n) is 2.32. The van der Waals surface area contributed by atoms with E-state index in [0.717, 1.165) is 15.4 Å². The standard InChI is InChI=1S/C19H21NO5S/c1-14-5-4-6-16(11-14)13-25-19(22)12-20(3)26(23,24)18-9-7-17(8-10-18)15(2)21/h4-11H,12-13H2,1-3H3. The van der Waals surface area contributed by atoms with Crippen molar-refractivity contribution in [3.63, 3.8) is 0 Å². The zero-order valence-electron chi connectivity index (χ0n) is 14.9. The Hall–Kier alpha value is -2.51. The Labute approximate surface area is 153 Å².